The van der Waals surface area contributed by atoms with Crippen LogP contribution in [-0.4, -0.2) is 23.0 Å². The number of carbonyl (C=O) groups is 1. The van der Waals surface area contributed by atoms with Gasteiger partial charge >= 0.3 is 5.97 Å². The smallest absolute Gasteiger partial charge is 0.339 e. The second-order valence-corrected chi connectivity index (χ2v) is 6.67. The second-order valence-electron chi connectivity index (χ2n) is 5.87. The van der Waals surface area contributed by atoms with Crippen molar-refractivity contribution in [3.05, 3.63) is 29.8 Å². The van der Waals surface area contributed by atoms with Crippen LogP contribution in [0.4, 0.5) is 0 Å². The van der Waals surface area contributed by atoms with E-state index in [2.05, 4.69) is 15.9 Å². The summed E-state index contributed by atoms with van der Waals surface area (Å²) in [6, 6.07) is 6.82. The molecule has 0 aliphatic rings. The fraction of sp³-hybridized carbons (Fsp3) is 0.632. The van der Waals surface area contributed by atoms with Gasteiger partial charge in [0, 0.05) is 5.33 Å². The Labute approximate surface area is 148 Å². The molecule has 23 heavy (non-hydrogen) atoms. The summed E-state index contributed by atoms with van der Waals surface area (Å²) in [7, 11) is 0. The molecule has 0 aliphatic carbocycles. The third kappa shape index (κ3) is 9.65. The average molecular weight is 385 g/mol. The van der Waals surface area contributed by atoms with Gasteiger partial charge in [0.15, 0.2) is 0 Å². The van der Waals surface area contributed by atoms with Crippen molar-refractivity contribution in [2.24, 2.45) is 0 Å². The van der Waals surface area contributed by atoms with Crippen LogP contribution in [0.3, 0.4) is 0 Å². The van der Waals surface area contributed by atoms with Crippen LogP contribution in [0.1, 0.15) is 74.6 Å². The van der Waals surface area contributed by atoms with Crippen LogP contribution in [0.2, 0.25) is 0 Å². The molecule has 0 aliphatic heterocycles. The summed E-state index contributed by atoms with van der Waals surface area (Å²) >= 11 is 3.46. The van der Waals surface area contributed by atoms with Crippen molar-refractivity contribution < 1.29 is 14.6 Å². The van der Waals surface area contributed by atoms with Gasteiger partial charge in [0.1, 0.15) is 11.3 Å². The molecule has 1 N–H and O–H groups in total. The summed E-state index contributed by atoms with van der Waals surface area (Å²) in [6.07, 6.45) is 12.7. The van der Waals surface area contributed by atoms with Crippen molar-refractivity contribution in [2.45, 2.75) is 64.2 Å². The zero-order valence-corrected chi connectivity index (χ0v) is 15.5. The number of ether oxygens (including phenoxy) is 1. The summed E-state index contributed by atoms with van der Waals surface area (Å²) in [5.41, 5.74) is 0.243. The highest BCUT2D eigenvalue weighted by atomic mass is 79.9. The molecule has 1 rings (SSSR count). The van der Waals surface area contributed by atoms with Gasteiger partial charge in [-0.05, 0) is 25.0 Å². The van der Waals surface area contributed by atoms with Crippen molar-refractivity contribution in [2.75, 3.05) is 11.9 Å². The molecule has 0 bridgehead atoms. The molecule has 0 spiro atoms. The van der Waals surface area contributed by atoms with Crippen molar-refractivity contribution in [1.82, 2.24) is 0 Å². The number of rotatable bonds is 14. The molecule has 0 saturated carbocycles. The summed E-state index contributed by atoms with van der Waals surface area (Å²) in [5.74, 6) is -0.458. The van der Waals surface area contributed by atoms with Crippen LogP contribution < -0.4 is 4.74 Å². The standard InChI is InChI=1S/C19H29BrO3/c20-15-11-7-5-3-1-2-4-6-8-12-16-23-18-14-10-9-13-17(18)19(21)22/h9-10,13-14H,1-8,11-12,15-16H2,(H,21,22). The topological polar surface area (TPSA) is 46.5 Å². The first-order valence-corrected chi connectivity index (χ1v) is 9.89. The lowest BCUT2D eigenvalue weighted by Gasteiger charge is -2.08. The molecule has 1 aromatic carbocycles. The minimum absolute atomic E-state index is 0.243. The lowest BCUT2D eigenvalue weighted by molar-refractivity contribution is 0.0692. The van der Waals surface area contributed by atoms with Gasteiger partial charge in [-0.15, -0.1) is 0 Å². The zero-order chi connectivity index (χ0) is 16.8. The molecular formula is C19H29BrO3. The molecule has 0 aromatic heterocycles. The Morgan fingerprint density at radius 3 is 1.96 bits per heavy atom. The number of benzene rings is 1. The van der Waals surface area contributed by atoms with E-state index in [1.807, 2.05) is 0 Å². The van der Waals surface area contributed by atoms with Crippen LogP contribution in [0.5, 0.6) is 5.75 Å². The van der Waals surface area contributed by atoms with E-state index in [0.717, 1.165) is 18.2 Å². The van der Waals surface area contributed by atoms with Gasteiger partial charge in [-0.2, -0.15) is 0 Å². The molecule has 0 heterocycles. The number of para-hydroxylation sites is 1. The van der Waals surface area contributed by atoms with Gasteiger partial charge in [-0.25, -0.2) is 4.79 Å². The Morgan fingerprint density at radius 2 is 1.39 bits per heavy atom. The van der Waals surface area contributed by atoms with Gasteiger partial charge in [0.25, 0.3) is 0 Å². The Bertz CT molecular complexity index is 434. The number of alkyl halides is 1. The Kier molecular flexibility index (Phi) is 11.7. The Morgan fingerprint density at radius 1 is 0.870 bits per heavy atom. The highest BCUT2D eigenvalue weighted by Crippen LogP contribution is 2.18. The molecule has 0 fully saturated rings. The maximum atomic E-state index is 11.1. The van der Waals surface area contributed by atoms with E-state index in [0.29, 0.717) is 12.4 Å². The zero-order valence-electron chi connectivity index (χ0n) is 13.9. The Hall–Kier alpha value is -1.03. The third-order valence-corrected chi connectivity index (χ3v) is 4.46. The molecule has 130 valence electrons. The minimum Gasteiger partial charge on any atom is -0.493 e. The highest BCUT2D eigenvalue weighted by Gasteiger charge is 2.09. The highest BCUT2D eigenvalue weighted by molar-refractivity contribution is 9.09. The number of aromatic carboxylic acids is 1. The molecule has 1 aromatic rings. The van der Waals surface area contributed by atoms with Crippen molar-refractivity contribution >= 4 is 21.9 Å². The lowest BCUT2D eigenvalue weighted by Crippen LogP contribution is -2.04. The summed E-state index contributed by atoms with van der Waals surface area (Å²) in [4.78, 5) is 11.1. The first-order valence-electron chi connectivity index (χ1n) is 8.77. The van der Waals surface area contributed by atoms with Crippen LogP contribution in [-0.2, 0) is 0 Å². The van der Waals surface area contributed by atoms with Crippen molar-refractivity contribution in [3.63, 3.8) is 0 Å². The molecule has 0 radical (unpaired) electrons. The number of hydrogen-bond donors (Lipinski definition) is 1. The molecule has 0 atom stereocenters. The van der Waals surface area contributed by atoms with E-state index in [4.69, 9.17) is 9.84 Å². The van der Waals surface area contributed by atoms with E-state index >= 15 is 0 Å². The minimum atomic E-state index is -0.934. The first-order chi connectivity index (χ1) is 11.3. The number of hydrogen-bond acceptors (Lipinski definition) is 2. The molecule has 3 nitrogen and oxygen atoms in total. The van der Waals surface area contributed by atoms with E-state index in [9.17, 15) is 4.79 Å². The van der Waals surface area contributed by atoms with Gasteiger partial charge in [0.05, 0.1) is 6.61 Å². The third-order valence-electron chi connectivity index (χ3n) is 3.90. The molecule has 0 amide bonds. The molecular weight excluding hydrogens is 356 g/mol. The molecule has 0 unspecified atom stereocenters. The largest absolute Gasteiger partial charge is 0.493 e. The summed E-state index contributed by atoms with van der Waals surface area (Å²) in [6.45, 7) is 0.594. The Balaban J connectivity index is 1.97. The first kappa shape index (κ1) is 20.0. The predicted octanol–water partition coefficient (Wildman–Crippen LogP) is 6.06. The number of halogens is 1. The van der Waals surface area contributed by atoms with Crippen molar-refractivity contribution in [1.29, 1.82) is 0 Å². The maximum Gasteiger partial charge on any atom is 0.339 e. The van der Waals surface area contributed by atoms with Gasteiger partial charge in [0.2, 0.25) is 0 Å². The van der Waals surface area contributed by atoms with Crippen molar-refractivity contribution in [3.8, 4) is 5.75 Å². The average Bonchev–Trinajstić information content (AvgIpc) is 2.56. The van der Waals surface area contributed by atoms with Gasteiger partial charge in [-0.3, -0.25) is 0 Å². The SMILES string of the molecule is O=C(O)c1ccccc1OCCCCCCCCCCCCBr. The van der Waals surface area contributed by atoms with Crippen LogP contribution >= 0.6 is 15.9 Å². The summed E-state index contributed by atoms with van der Waals surface area (Å²) < 4.78 is 5.60. The fourth-order valence-electron chi connectivity index (χ4n) is 2.56. The number of carboxylic acids is 1. The maximum absolute atomic E-state index is 11.1. The predicted molar refractivity (Wildman–Crippen MR) is 98.9 cm³/mol. The van der Waals surface area contributed by atoms with Crippen LogP contribution in [0.15, 0.2) is 24.3 Å². The van der Waals surface area contributed by atoms with E-state index in [-0.39, 0.29) is 5.56 Å². The van der Waals surface area contributed by atoms with E-state index in [1.165, 1.54) is 51.4 Å². The van der Waals surface area contributed by atoms with Gasteiger partial charge < -0.3 is 9.84 Å². The van der Waals surface area contributed by atoms with Gasteiger partial charge in [-0.1, -0.05) is 79.4 Å². The summed E-state index contributed by atoms with van der Waals surface area (Å²) in [5, 5.41) is 10.2. The molecule has 4 heteroatoms. The monoisotopic (exact) mass is 384 g/mol. The lowest BCUT2D eigenvalue weighted by atomic mass is 10.1. The number of unbranched alkanes of at least 4 members (excludes halogenated alkanes) is 9. The fourth-order valence-corrected chi connectivity index (χ4v) is 2.96. The van der Waals surface area contributed by atoms with E-state index in [1.54, 1.807) is 24.3 Å². The molecule has 0 saturated heterocycles. The second kappa shape index (κ2) is 13.4. The van der Waals surface area contributed by atoms with Crippen LogP contribution in [0.25, 0.3) is 0 Å². The normalized spacial score (nSPS) is 10.7. The van der Waals surface area contributed by atoms with Crippen LogP contribution in [0, 0.1) is 0 Å². The quantitative estimate of drug-likeness (QED) is 0.313. The number of carboxylic acid groups (broad SMARTS) is 1. The van der Waals surface area contributed by atoms with E-state index < -0.39 is 5.97 Å².